The van der Waals surface area contributed by atoms with E-state index in [0.29, 0.717) is 5.41 Å². The van der Waals surface area contributed by atoms with Gasteiger partial charge in [-0.3, -0.25) is 0 Å². The van der Waals surface area contributed by atoms with Crippen LogP contribution in [0.5, 0.6) is 0 Å². The molecule has 1 aromatic rings. The van der Waals surface area contributed by atoms with Crippen LogP contribution in [-0.2, 0) is 6.42 Å². The zero-order chi connectivity index (χ0) is 8.32. The molecular weight excluding hydrogens is 136 g/mol. The highest BCUT2D eigenvalue weighted by Crippen LogP contribution is 2.18. The molecule has 1 aromatic heterocycles. The summed E-state index contributed by atoms with van der Waals surface area (Å²) in [6.07, 6.45) is 4.39. The van der Waals surface area contributed by atoms with Crippen molar-refractivity contribution >= 4 is 0 Å². The summed E-state index contributed by atoms with van der Waals surface area (Å²) in [5.41, 5.74) is 1.43. The third-order valence-electron chi connectivity index (χ3n) is 1.35. The van der Waals surface area contributed by atoms with Gasteiger partial charge in [0.25, 0.3) is 0 Å². The van der Waals surface area contributed by atoms with Crippen molar-refractivity contribution < 1.29 is 0 Å². The van der Waals surface area contributed by atoms with Crippen molar-refractivity contribution in [2.75, 3.05) is 0 Å². The van der Waals surface area contributed by atoms with E-state index in [1.807, 2.05) is 6.07 Å². The highest BCUT2D eigenvalue weighted by molar-refractivity contribution is 5.00. The molecule has 60 valence electrons. The summed E-state index contributed by atoms with van der Waals surface area (Å²) >= 11 is 0. The first kappa shape index (κ1) is 8.18. The zero-order valence-corrected chi connectivity index (χ0v) is 7.33. The Morgan fingerprint density at radius 1 is 1.36 bits per heavy atom. The average Bonchev–Trinajstić information content (AvgIpc) is 1.85. The van der Waals surface area contributed by atoms with Crippen LogP contribution in [0.25, 0.3) is 0 Å². The van der Waals surface area contributed by atoms with Crippen molar-refractivity contribution in [3.8, 4) is 0 Å². The monoisotopic (exact) mass is 150 g/mol. The fourth-order valence-electron chi connectivity index (χ4n) is 0.966. The predicted molar refractivity (Wildman–Crippen MR) is 45.2 cm³/mol. The summed E-state index contributed by atoms with van der Waals surface area (Å²) in [5, 5.41) is 0. The molecule has 0 amide bonds. The Balaban J connectivity index is 2.66. The lowest BCUT2D eigenvalue weighted by Gasteiger charge is -2.16. The van der Waals surface area contributed by atoms with Gasteiger partial charge in [-0.25, -0.2) is 9.97 Å². The van der Waals surface area contributed by atoms with Gasteiger partial charge in [-0.1, -0.05) is 20.8 Å². The third-order valence-corrected chi connectivity index (χ3v) is 1.35. The molecule has 2 heteroatoms. The third kappa shape index (κ3) is 3.12. The maximum absolute atomic E-state index is 4.15. The number of nitrogens with zero attached hydrogens (tertiary/aromatic N) is 2. The van der Waals surface area contributed by atoms with Crippen LogP contribution in [0.2, 0.25) is 0 Å². The van der Waals surface area contributed by atoms with Gasteiger partial charge in [0.2, 0.25) is 0 Å². The Morgan fingerprint density at radius 3 is 2.55 bits per heavy atom. The van der Waals surface area contributed by atoms with Gasteiger partial charge in [-0.2, -0.15) is 0 Å². The lowest BCUT2D eigenvalue weighted by atomic mass is 9.90. The summed E-state index contributed by atoms with van der Waals surface area (Å²) < 4.78 is 0. The summed E-state index contributed by atoms with van der Waals surface area (Å²) in [5.74, 6) is 0. The van der Waals surface area contributed by atoms with Gasteiger partial charge in [0.1, 0.15) is 6.33 Å². The van der Waals surface area contributed by atoms with Crippen LogP contribution in [-0.4, -0.2) is 9.97 Å². The number of aromatic nitrogens is 2. The maximum Gasteiger partial charge on any atom is 0.115 e. The molecule has 0 saturated carbocycles. The fourth-order valence-corrected chi connectivity index (χ4v) is 0.966. The maximum atomic E-state index is 4.15. The van der Waals surface area contributed by atoms with Gasteiger partial charge >= 0.3 is 0 Å². The molecule has 1 rings (SSSR count). The topological polar surface area (TPSA) is 25.8 Å². The van der Waals surface area contributed by atoms with Crippen LogP contribution in [0.4, 0.5) is 0 Å². The van der Waals surface area contributed by atoms with E-state index in [-0.39, 0.29) is 0 Å². The van der Waals surface area contributed by atoms with Crippen molar-refractivity contribution in [1.29, 1.82) is 0 Å². The molecule has 0 spiro atoms. The van der Waals surface area contributed by atoms with Crippen LogP contribution in [0.3, 0.4) is 0 Å². The minimum absolute atomic E-state index is 0.314. The Labute approximate surface area is 67.7 Å². The fraction of sp³-hybridized carbons (Fsp3) is 0.556. The molecule has 0 unspecified atom stereocenters. The lowest BCUT2D eigenvalue weighted by Crippen LogP contribution is -2.10. The first-order chi connectivity index (χ1) is 5.08. The Bertz CT molecular complexity index is 211. The van der Waals surface area contributed by atoms with Gasteiger partial charge in [-0.05, 0) is 17.9 Å². The molecule has 0 aliphatic carbocycles. The summed E-state index contributed by atoms with van der Waals surface area (Å²) in [7, 11) is 0. The molecule has 0 N–H and O–H groups in total. The molecule has 0 fully saturated rings. The first-order valence-corrected chi connectivity index (χ1v) is 3.83. The molecule has 1 heterocycles. The van der Waals surface area contributed by atoms with E-state index in [2.05, 4.69) is 30.7 Å². The molecule has 0 aliphatic heterocycles. The predicted octanol–water partition coefficient (Wildman–Crippen LogP) is 2.07. The van der Waals surface area contributed by atoms with Gasteiger partial charge in [0, 0.05) is 11.9 Å². The van der Waals surface area contributed by atoms with Crippen LogP contribution in [0.15, 0.2) is 18.6 Å². The second-order valence-electron chi connectivity index (χ2n) is 3.94. The van der Waals surface area contributed by atoms with Gasteiger partial charge in [0.15, 0.2) is 0 Å². The van der Waals surface area contributed by atoms with Gasteiger partial charge in [-0.15, -0.1) is 0 Å². The molecule has 0 aromatic carbocycles. The molecule has 0 radical (unpaired) electrons. The minimum Gasteiger partial charge on any atom is -0.245 e. The van der Waals surface area contributed by atoms with E-state index in [1.165, 1.54) is 0 Å². The SMILES string of the molecule is CC(C)(C)Cc1ccncn1. The van der Waals surface area contributed by atoms with Crippen molar-refractivity contribution in [2.24, 2.45) is 5.41 Å². The molecule has 2 nitrogen and oxygen atoms in total. The number of rotatable bonds is 1. The van der Waals surface area contributed by atoms with Crippen LogP contribution < -0.4 is 0 Å². The largest absolute Gasteiger partial charge is 0.245 e. The number of hydrogen-bond acceptors (Lipinski definition) is 2. The van der Waals surface area contributed by atoms with E-state index < -0.39 is 0 Å². The zero-order valence-electron chi connectivity index (χ0n) is 7.33. The molecule has 0 bridgehead atoms. The molecule has 11 heavy (non-hydrogen) atoms. The summed E-state index contributed by atoms with van der Waals surface area (Å²) in [6, 6.07) is 1.96. The first-order valence-electron chi connectivity index (χ1n) is 3.83. The Kier molecular flexibility index (Phi) is 2.22. The number of hydrogen-bond donors (Lipinski definition) is 0. The van der Waals surface area contributed by atoms with Crippen molar-refractivity contribution in [1.82, 2.24) is 9.97 Å². The highest BCUT2D eigenvalue weighted by atomic mass is 14.8. The average molecular weight is 150 g/mol. The summed E-state index contributed by atoms with van der Waals surface area (Å²) in [4.78, 5) is 8.02. The quantitative estimate of drug-likeness (QED) is 0.612. The summed E-state index contributed by atoms with van der Waals surface area (Å²) in [6.45, 7) is 6.61. The van der Waals surface area contributed by atoms with Gasteiger partial charge < -0.3 is 0 Å². The lowest BCUT2D eigenvalue weighted by molar-refractivity contribution is 0.406. The van der Waals surface area contributed by atoms with E-state index >= 15 is 0 Å². The molecular formula is C9H14N2. The van der Waals surface area contributed by atoms with Crippen LogP contribution >= 0.6 is 0 Å². The Hall–Kier alpha value is -0.920. The highest BCUT2D eigenvalue weighted by Gasteiger charge is 2.11. The second-order valence-corrected chi connectivity index (χ2v) is 3.94. The van der Waals surface area contributed by atoms with Crippen molar-refractivity contribution in [2.45, 2.75) is 27.2 Å². The van der Waals surface area contributed by atoms with Crippen molar-refractivity contribution in [3.05, 3.63) is 24.3 Å². The van der Waals surface area contributed by atoms with Gasteiger partial charge in [0.05, 0.1) is 0 Å². The van der Waals surface area contributed by atoms with Crippen LogP contribution in [0, 0.1) is 5.41 Å². The van der Waals surface area contributed by atoms with E-state index in [4.69, 9.17) is 0 Å². The normalized spacial score (nSPS) is 11.5. The standard InChI is InChI=1S/C9H14N2/c1-9(2,3)6-8-4-5-10-7-11-8/h4-5,7H,6H2,1-3H3. The second kappa shape index (κ2) is 2.99. The molecule has 0 saturated heterocycles. The van der Waals surface area contributed by atoms with Crippen molar-refractivity contribution in [3.63, 3.8) is 0 Å². The van der Waals surface area contributed by atoms with E-state index in [9.17, 15) is 0 Å². The molecule has 0 aliphatic rings. The minimum atomic E-state index is 0.314. The van der Waals surface area contributed by atoms with E-state index in [0.717, 1.165) is 12.1 Å². The van der Waals surface area contributed by atoms with E-state index in [1.54, 1.807) is 12.5 Å². The smallest absolute Gasteiger partial charge is 0.115 e. The molecule has 0 atom stereocenters. The Morgan fingerprint density at radius 2 is 2.09 bits per heavy atom. The van der Waals surface area contributed by atoms with Crippen LogP contribution in [0.1, 0.15) is 26.5 Å².